The van der Waals surface area contributed by atoms with Crippen molar-refractivity contribution < 1.29 is 13.5 Å². The summed E-state index contributed by atoms with van der Waals surface area (Å²) in [5, 5.41) is -0.0175. The molecule has 0 saturated heterocycles. The fourth-order valence-corrected chi connectivity index (χ4v) is 1.42. The van der Waals surface area contributed by atoms with Gasteiger partial charge in [0, 0.05) is 5.56 Å². The Morgan fingerprint density at radius 2 is 2.21 bits per heavy atom. The highest BCUT2D eigenvalue weighted by atomic mass is 35.5. The molecule has 0 aromatic carbocycles. The second-order valence-corrected chi connectivity index (χ2v) is 3.09. The lowest BCUT2D eigenvalue weighted by Crippen LogP contribution is -1.99. The molecule has 14 heavy (non-hydrogen) atoms. The molecular weight excluding hydrogens is 235 g/mol. The van der Waals surface area contributed by atoms with E-state index in [1.54, 1.807) is 0 Å². The first-order chi connectivity index (χ1) is 6.60. The maximum Gasteiger partial charge on any atom is 0.284 e. The van der Waals surface area contributed by atoms with Gasteiger partial charge in [-0.1, -0.05) is 11.6 Å². The van der Waals surface area contributed by atoms with Gasteiger partial charge in [-0.05, 0) is 6.07 Å². The zero-order valence-electron chi connectivity index (χ0n) is 7.23. The third-order valence-corrected chi connectivity index (χ3v) is 2.23. The predicted molar refractivity (Wildman–Crippen MR) is 50.3 cm³/mol. The Labute approximate surface area is 89.8 Å². The Morgan fingerprint density at radius 1 is 1.57 bits per heavy atom. The third-order valence-electron chi connectivity index (χ3n) is 1.61. The van der Waals surface area contributed by atoms with E-state index in [1.807, 2.05) is 0 Å². The number of methoxy groups -OCH3 is 1. The van der Waals surface area contributed by atoms with E-state index in [-0.39, 0.29) is 16.8 Å². The molecule has 0 amide bonds. The number of aromatic nitrogens is 1. The van der Waals surface area contributed by atoms with E-state index >= 15 is 0 Å². The van der Waals surface area contributed by atoms with Gasteiger partial charge in [-0.15, -0.1) is 11.6 Å². The van der Waals surface area contributed by atoms with Crippen LogP contribution in [-0.4, -0.2) is 12.1 Å². The van der Waals surface area contributed by atoms with Crippen molar-refractivity contribution in [3.8, 4) is 5.75 Å². The molecular formula is C8H7Cl2F2NO. The van der Waals surface area contributed by atoms with Crippen molar-refractivity contribution in [2.24, 2.45) is 0 Å². The van der Waals surface area contributed by atoms with Crippen LogP contribution < -0.4 is 4.74 Å². The monoisotopic (exact) mass is 241 g/mol. The Balaban J connectivity index is 3.24. The summed E-state index contributed by atoms with van der Waals surface area (Å²) in [5.74, 6) is 0.103. The summed E-state index contributed by atoms with van der Waals surface area (Å²) in [5.41, 5.74) is 0.000880. The minimum absolute atomic E-state index is 0.0000463. The molecule has 0 aliphatic heterocycles. The number of rotatable bonds is 3. The van der Waals surface area contributed by atoms with Crippen molar-refractivity contribution in [2.45, 2.75) is 12.3 Å². The molecule has 78 valence electrons. The molecule has 0 N–H and O–H groups in total. The number of alkyl halides is 3. The molecule has 1 rings (SSSR count). The number of ether oxygens (including phenoxy) is 1. The average molecular weight is 242 g/mol. The third kappa shape index (κ3) is 2.25. The standard InChI is InChI=1S/C8H7Cl2F2NO/c1-14-5-2-4(3-9)7(10)13-6(5)8(11)12/h2,8H,3H2,1H3. The van der Waals surface area contributed by atoms with Crippen molar-refractivity contribution >= 4 is 23.2 Å². The summed E-state index contributed by atoms with van der Waals surface area (Å²) in [7, 11) is 1.29. The van der Waals surface area contributed by atoms with Gasteiger partial charge in [0.2, 0.25) is 0 Å². The molecule has 2 nitrogen and oxygen atoms in total. The summed E-state index contributed by atoms with van der Waals surface area (Å²) in [6, 6.07) is 1.36. The molecule has 0 radical (unpaired) electrons. The van der Waals surface area contributed by atoms with Crippen LogP contribution in [-0.2, 0) is 5.88 Å². The molecule has 1 aromatic rings. The molecule has 0 bridgehead atoms. The second kappa shape index (κ2) is 4.75. The van der Waals surface area contributed by atoms with E-state index < -0.39 is 12.1 Å². The fraction of sp³-hybridized carbons (Fsp3) is 0.375. The van der Waals surface area contributed by atoms with Gasteiger partial charge >= 0.3 is 0 Å². The van der Waals surface area contributed by atoms with Crippen LogP contribution in [0.15, 0.2) is 6.07 Å². The highest BCUT2D eigenvalue weighted by Crippen LogP contribution is 2.31. The topological polar surface area (TPSA) is 22.1 Å². The minimum atomic E-state index is -2.72. The normalized spacial score (nSPS) is 10.7. The zero-order valence-corrected chi connectivity index (χ0v) is 8.74. The fourth-order valence-electron chi connectivity index (χ4n) is 0.938. The van der Waals surface area contributed by atoms with E-state index in [9.17, 15) is 8.78 Å². The van der Waals surface area contributed by atoms with Crippen LogP contribution in [0.5, 0.6) is 5.75 Å². The molecule has 0 atom stereocenters. The summed E-state index contributed by atoms with van der Waals surface area (Å²) in [4.78, 5) is 3.52. The van der Waals surface area contributed by atoms with E-state index in [1.165, 1.54) is 13.2 Å². The van der Waals surface area contributed by atoms with Gasteiger partial charge in [0.15, 0.2) is 0 Å². The second-order valence-electron chi connectivity index (χ2n) is 2.46. The smallest absolute Gasteiger partial charge is 0.284 e. The summed E-state index contributed by atoms with van der Waals surface area (Å²) in [6.45, 7) is 0. The van der Waals surface area contributed by atoms with Gasteiger partial charge in [-0.2, -0.15) is 0 Å². The molecule has 0 spiro atoms. The largest absolute Gasteiger partial charge is 0.495 e. The van der Waals surface area contributed by atoms with Gasteiger partial charge in [-0.3, -0.25) is 0 Å². The van der Waals surface area contributed by atoms with Crippen LogP contribution in [0.4, 0.5) is 8.78 Å². The van der Waals surface area contributed by atoms with Crippen LogP contribution >= 0.6 is 23.2 Å². The molecule has 0 fully saturated rings. The first-order valence-corrected chi connectivity index (χ1v) is 4.58. The van der Waals surface area contributed by atoms with E-state index in [0.717, 1.165) is 0 Å². The summed E-state index contributed by atoms with van der Waals surface area (Å²) in [6.07, 6.45) is -2.72. The van der Waals surface area contributed by atoms with Crippen LogP contribution in [0.1, 0.15) is 17.7 Å². The SMILES string of the molecule is COc1cc(CCl)c(Cl)nc1C(F)F. The maximum absolute atomic E-state index is 12.4. The highest BCUT2D eigenvalue weighted by molar-refractivity contribution is 6.31. The molecule has 0 saturated carbocycles. The zero-order chi connectivity index (χ0) is 10.7. The molecule has 0 aliphatic carbocycles. The van der Waals surface area contributed by atoms with Gasteiger partial charge in [0.1, 0.15) is 16.6 Å². The van der Waals surface area contributed by atoms with Gasteiger partial charge in [-0.25, -0.2) is 13.8 Å². The highest BCUT2D eigenvalue weighted by Gasteiger charge is 2.18. The van der Waals surface area contributed by atoms with Crippen molar-refractivity contribution in [3.63, 3.8) is 0 Å². The lowest BCUT2D eigenvalue weighted by molar-refractivity contribution is 0.141. The summed E-state index contributed by atoms with van der Waals surface area (Å²) >= 11 is 11.1. The van der Waals surface area contributed by atoms with Crippen molar-refractivity contribution in [1.82, 2.24) is 4.98 Å². The Kier molecular flexibility index (Phi) is 3.89. The van der Waals surface area contributed by atoms with Gasteiger partial charge in [0.25, 0.3) is 6.43 Å². The molecule has 6 heteroatoms. The van der Waals surface area contributed by atoms with Gasteiger partial charge < -0.3 is 4.74 Å². The molecule has 0 unspecified atom stereocenters. The molecule has 1 heterocycles. The van der Waals surface area contributed by atoms with Crippen molar-refractivity contribution in [1.29, 1.82) is 0 Å². The van der Waals surface area contributed by atoms with Crippen molar-refractivity contribution in [2.75, 3.05) is 7.11 Å². The maximum atomic E-state index is 12.4. The minimum Gasteiger partial charge on any atom is -0.495 e. The first kappa shape index (κ1) is 11.5. The quantitative estimate of drug-likeness (QED) is 0.598. The lowest BCUT2D eigenvalue weighted by atomic mass is 10.2. The Morgan fingerprint density at radius 3 is 2.64 bits per heavy atom. The van der Waals surface area contributed by atoms with Crippen molar-refractivity contribution in [3.05, 3.63) is 22.5 Å². The number of hydrogen-bond donors (Lipinski definition) is 0. The van der Waals surface area contributed by atoms with E-state index in [2.05, 4.69) is 4.98 Å². The first-order valence-electron chi connectivity index (χ1n) is 3.67. The average Bonchev–Trinajstić information content (AvgIpc) is 2.17. The lowest BCUT2D eigenvalue weighted by Gasteiger charge is -2.09. The van der Waals surface area contributed by atoms with Crippen LogP contribution in [0, 0.1) is 0 Å². The van der Waals surface area contributed by atoms with Crippen LogP contribution in [0.3, 0.4) is 0 Å². The predicted octanol–water partition coefficient (Wildman–Crippen LogP) is 3.42. The number of nitrogens with zero attached hydrogens (tertiary/aromatic N) is 1. The number of halogens is 4. The van der Waals surface area contributed by atoms with Gasteiger partial charge in [0.05, 0.1) is 13.0 Å². The molecule has 1 aromatic heterocycles. The summed E-state index contributed by atoms with van der Waals surface area (Å²) < 4.78 is 29.5. The number of pyridine rings is 1. The Bertz CT molecular complexity index is 333. The molecule has 0 aliphatic rings. The Hall–Kier alpha value is -0.610. The number of hydrogen-bond acceptors (Lipinski definition) is 2. The van der Waals surface area contributed by atoms with E-state index in [4.69, 9.17) is 27.9 Å². The van der Waals surface area contributed by atoms with Crippen LogP contribution in [0.2, 0.25) is 5.15 Å². The van der Waals surface area contributed by atoms with E-state index in [0.29, 0.717) is 5.56 Å². The van der Waals surface area contributed by atoms with Crippen LogP contribution in [0.25, 0.3) is 0 Å².